The van der Waals surface area contributed by atoms with Crippen LogP contribution in [0.4, 0.5) is 4.39 Å². The Hall–Kier alpha value is -1.91. The maximum Gasteiger partial charge on any atom is 0.129 e. The zero-order valence-corrected chi connectivity index (χ0v) is 11.4. The summed E-state index contributed by atoms with van der Waals surface area (Å²) >= 11 is 5.72. The second kappa shape index (κ2) is 5.61. The average molecular weight is 290 g/mol. The molecule has 0 saturated heterocycles. The number of rotatable bonds is 4. The van der Waals surface area contributed by atoms with E-state index in [1.807, 2.05) is 24.3 Å². The predicted octanol–water partition coefficient (Wildman–Crippen LogP) is 3.65. The van der Waals surface area contributed by atoms with Gasteiger partial charge in [0.2, 0.25) is 0 Å². The van der Waals surface area contributed by atoms with E-state index in [1.54, 1.807) is 12.1 Å². The van der Waals surface area contributed by atoms with Crippen molar-refractivity contribution in [1.29, 1.82) is 0 Å². The average Bonchev–Trinajstić information content (AvgIpc) is 2.84. The van der Waals surface area contributed by atoms with Gasteiger partial charge in [-0.05, 0) is 24.3 Å². The first kappa shape index (κ1) is 13.1. The molecule has 0 bridgehead atoms. The standard InChI is InChI=1S/C15H13ClFN3/c16-11-6-5-10(12(17)7-11)8-18-9-15-19-13-3-1-2-4-14(13)20-15/h1-7,18H,8-9H2,(H,19,20). The molecule has 2 aromatic carbocycles. The highest BCUT2D eigenvalue weighted by atomic mass is 35.5. The number of H-pyrrole nitrogens is 1. The highest BCUT2D eigenvalue weighted by Crippen LogP contribution is 2.14. The van der Waals surface area contributed by atoms with Gasteiger partial charge in [0.05, 0.1) is 17.6 Å². The molecule has 3 nitrogen and oxygen atoms in total. The molecular weight excluding hydrogens is 277 g/mol. The van der Waals surface area contributed by atoms with Crippen LogP contribution in [0.3, 0.4) is 0 Å². The molecule has 102 valence electrons. The van der Waals surface area contributed by atoms with Crippen LogP contribution in [0, 0.1) is 5.82 Å². The van der Waals surface area contributed by atoms with Gasteiger partial charge in [0.15, 0.2) is 0 Å². The molecule has 0 radical (unpaired) electrons. The molecule has 3 rings (SSSR count). The smallest absolute Gasteiger partial charge is 0.129 e. The maximum atomic E-state index is 13.6. The van der Waals surface area contributed by atoms with Crippen LogP contribution in [0.5, 0.6) is 0 Å². The van der Waals surface area contributed by atoms with E-state index in [4.69, 9.17) is 11.6 Å². The monoisotopic (exact) mass is 289 g/mol. The third-order valence-corrected chi connectivity index (χ3v) is 3.30. The van der Waals surface area contributed by atoms with Crippen LogP contribution < -0.4 is 5.32 Å². The first-order valence-electron chi connectivity index (χ1n) is 6.30. The van der Waals surface area contributed by atoms with Gasteiger partial charge in [-0.15, -0.1) is 0 Å². The van der Waals surface area contributed by atoms with Crippen molar-refractivity contribution in [3.8, 4) is 0 Å². The quantitative estimate of drug-likeness (QED) is 0.770. The number of aromatic amines is 1. The molecular formula is C15H13ClFN3. The minimum absolute atomic E-state index is 0.297. The molecule has 0 aliphatic rings. The summed E-state index contributed by atoms with van der Waals surface area (Å²) in [5, 5.41) is 3.57. The number of hydrogen-bond donors (Lipinski definition) is 2. The lowest BCUT2D eigenvalue weighted by Gasteiger charge is -2.04. The van der Waals surface area contributed by atoms with Crippen LogP contribution >= 0.6 is 11.6 Å². The summed E-state index contributed by atoms with van der Waals surface area (Å²) < 4.78 is 13.6. The lowest BCUT2D eigenvalue weighted by molar-refractivity contribution is 0.584. The summed E-state index contributed by atoms with van der Waals surface area (Å²) in [6, 6.07) is 12.5. The second-order valence-electron chi connectivity index (χ2n) is 4.54. The number of nitrogens with zero attached hydrogens (tertiary/aromatic N) is 1. The van der Waals surface area contributed by atoms with E-state index in [2.05, 4.69) is 15.3 Å². The van der Waals surface area contributed by atoms with Crippen molar-refractivity contribution in [2.75, 3.05) is 0 Å². The molecule has 20 heavy (non-hydrogen) atoms. The fourth-order valence-corrected chi connectivity index (χ4v) is 2.23. The Morgan fingerprint density at radius 1 is 1.15 bits per heavy atom. The van der Waals surface area contributed by atoms with E-state index in [0.29, 0.717) is 23.7 Å². The van der Waals surface area contributed by atoms with Crippen molar-refractivity contribution in [3.63, 3.8) is 0 Å². The summed E-state index contributed by atoms with van der Waals surface area (Å²) in [4.78, 5) is 7.66. The Morgan fingerprint density at radius 3 is 2.80 bits per heavy atom. The Morgan fingerprint density at radius 2 is 2.00 bits per heavy atom. The maximum absolute atomic E-state index is 13.6. The fraction of sp³-hybridized carbons (Fsp3) is 0.133. The molecule has 5 heteroatoms. The number of imidazole rings is 1. The summed E-state index contributed by atoms with van der Waals surface area (Å²) in [7, 11) is 0. The summed E-state index contributed by atoms with van der Waals surface area (Å²) in [6.45, 7) is 0.983. The number of para-hydroxylation sites is 2. The number of benzene rings is 2. The number of hydrogen-bond acceptors (Lipinski definition) is 2. The molecule has 0 saturated carbocycles. The highest BCUT2D eigenvalue weighted by Gasteiger charge is 2.04. The van der Waals surface area contributed by atoms with E-state index in [1.165, 1.54) is 6.07 Å². The van der Waals surface area contributed by atoms with E-state index in [0.717, 1.165) is 16.9 Å². The molecule has 0 amide bonds. The Kier molecular flexibility index (Phi) is 3.67. The van der Waals surface area contributed by atoms with E-state index >= 15 is 0 Å². The van der Waals surface area contributed by atoms with Gasteiger partial charge in [0.25, 0.3) is 0 Å². The summed E-state index contributed by atoms with van der Waals surface area (Å²) in [6.07, 6.45) is 0. The molecule has 0 fully saturated rings. The van der Waals surface area contributed by atoms with Crippen LogP contribution in [0.25, 0.3) is 11.0 Å². The summed E-state index contributed by atoms with van der Waals surface area (Å²) in [5.74, 6) is 0.537. The minimum atomic E-state index is -0.297. The first-order valence-corrected chi connectivity index (χ1v) is 6.68. The highest BCUT2D eigenvalue weighted by molar-refractivity contribution is 6.30. The van der Waals surface area contributed by atoms with Crippen LogP contribution in [-0.2, 0) is 13.1 Å². The van der Waals surface area contributed by atoms with Crippen molar-refractivity contribution in [3.05, 3.63) is 64.7 Å². The zero-order valence-electron chi connectivity index (χ0n) is 10.7. The fourth-order valence-electron chi connectivity index (χ4n) is 2.07. The third-order valence-electron chi connectivity index (χ3n) is 3.06. The molecule has 2 N–H and O–H groups in total. The predicted molar refractivity (Wildman–Crippen MR) is 78.0 cm³/mol. The van der Waals surface area contributed by atoms with E-state index in [-0.39, 0.29) is 5.82 Å². The van der Waals surface area contributed by atoms with Gasteiger partial charge in [0.1, 0.15) is 11.6 Å². The molecule has 0 aliphatic carbocycles. The lowest BCUT2D eigenvalue weighted by Crippen LogP contribution is -2.14. The van der Waals surface area contributed by atoms with E-state index in [9.17, 15) is 4.39 Å². The third kappa shape index (κ3) is 2.81. The van der Waals surface area contributed by atoms with Gasteiger partial charge < -0.3 is 10.3 Å². The van der Waals surface area contributed by atoms with Gasteiger partial charge in [-0.3, -0.25) is 0 Å². The Labute approximate surface area is 120 Å². The molecule has 3 aromatic rings. The Bertz CT molecular complexity index is 706. The van der Waals surface area contributed by atoms with Crippen molar-refractivity contribution >= 4 is 22.6 Å². The van der Waals surface area contributed by atoms with Crippen molar-refractivity contribution in [2.24, 2.45) is 0 Å². The SMILES string of the molecule is Fc1cc(Cl)ccc1CNCc1nc2ccccc2[nH]1. The second-order valence-corrected chi connectivity index (χ2v) is 4.98. The topological polar surface area (TPSA) is 40.7 Å². The van der Waals surface area contributed by atoms with Gasteiger partial charge in [-0.2, -0.15) is 0 Å². The molecule has 1 aromatic heterocycles. The first-order chi connectivity index (χ1) is 9.72. The number of nitrogens with one attached hydrogen (secondary N) is 2. The van der Waals surface area contributed by atoms with Crippen molar-refractivity contribution in [2.45, 2.75) is 13.1 Å². The van der Waals surface area contributed by atoms with Gasteiger partial charge in [-0.1, -0.05) is 29.8 Å². The number of halogens is 2. The van der Waals surface area contributed by atoms with Crippen molar-refractivity contribution < 1.29 is 4.39 Å². The largest absolute Gasteiger partial charge is 0.341 e. The van der Waals surface area contributed by atoms with Crippen LogP contribution in [0.15, 0.2) is 42.5 Å². The number of fused-ring (bicyclic) bond motifs is 1. The van der Waals surface area contributed by atoms with Crippen molar-refractivity contribution in [1.82, 2.24) is 15.3 Å². The zero-order chi connectivity index (χ0) is 13.9. The van der Waals surface area contributed by atoms with Crippen LogP contribution in [0.2, 0.25) is 5.02 Å². The normalized spacial score (nSPS) is 11.1. The summed E-state index contributed by atoms with van der Waals surface area (Å²) in [5.41, 5.74) is 2.52. The Balaban J connectivity index is 1.64. The number of aromatic nitrogens is 2. The molecule has 0 unspecified atom stereocenters. The lowest BCUT2D eigenvalue weighted by atomic mass is 10.2. The van der Waals surface area contributed by atoms with Gasteiger partial charge >= 0.3 is 0 Å². The van der Waals surface area contributed by atoms with Gasteiger partial charge in [-0.25, -0.2) is 9.37 Å². The van der Waals surface area contributed by atoms with Crippen LogP contribution in [0.1, 0.15) is 11.4 Å². The minimum Gasteiger partial charge on any atom is -0.341 e. The molecule has 0 spiro atoms. The molecule has 0 atom stereocenters. The molecule has 1 heterocycles. The van der Waals surface area contributed by atoms with Gasteiger partial charge in [0, 0.05) is 17.1 Å². The molecule has 0 aliphatic heterocycles. The van der Waals surface area contributed by atoms with E-state index < -0.39 is 0 Å². The van der Waals surface area contributed by atoms with Crippen LogP contribution in [-0.4, -0.2) is 9.97 Å².